The average molecular weight is 203 g/mol. The number of carbonyl (C=O) groups is 1. The highest BCUT2D eigenvalue weighted by atomic mass is 35.5. The summed E-state index contributed by atoms with van der Waals surface area (Å²) in [6, 6.07) is 0. The minimum absolute atomic E-state index is 0.122. The van der Waals surface area contributed by atoms with Gasteiger partial charge in [0.05, 0.1) is 5.02 Å². The SMILES string of the molecule is CC(C)(C)OC(=O)c1n[nH]cc1Cl. The highest BCUT2D eigenvalue weighted by molar-refractivity contribution is 6.33. The van der Waals surface area contributed by atoms with Crippen LogP contribution in [0, 0.1) is 0 Å². The van der Waals surface area contributed by atoms with Crippen molar-refractivity contribution < 1.29 is 9.53 Å². The van der Waals surface area contributed by atoms with Crippen molar-refractivity contribution in [2.45, 2.75) is 26.4 Å². The Hall–Kier alpha value is -1.03. The van der Waals surface area contributed by atoms with Gasteiger partial charge in [-0.2, -0.15) is 5.10 Å². The molecule has 1 N–H and O–H groups in total. The number of aromatic nitrogens is 2. The predicted molar refractivity (Wildman–Crippen MR) is 48.8 cm³/mol. The van der Waals surface area contributed by atoms with E-state index in [1.54, 1.807) is 20.8 Å². The van der Waals surface area contributed by atoms with Crippen molar-refractivity contribution in [2.24, 2.45) is 0 Å². The van der Waals surface area contributed by atoms with Gasteiger partial charge in [0.25, 0.3) is 0 Å². The minimum atomic E-state index is -0.528. The smallest absolute Gasteiger partial charge is 0.360 e. The van der Waals surface area contributed by atoms with E-state index in [0.29, 0.717) is 0 Å². The number of hydrogen-bond acceptors (Lipinski definition) is 3. The lowest BCUT2D eigenvalue weighted by molar-refractivity contribution is 0.00631. The quantitative estimate of drug-likeness (QED) is 0.709. The first-order valence-corrected chi connectivity index (χ1v) is 4.20. The van der Waals surface area contributed by atoms with Crippen molar-refractivity contribution in [3.8, 4) is 0 Å². The summed E-state index contributed by atoms with van der Waals surface area (Å²) in [5.74, 6) is -0.515. The monoisotopic (exact) mass is 202 g/mol. The summed E-state index contributed by atoms with van der Waals surface area (Å²) in [5, 5.41) is 6.42. The van der Waals surface area contributed by atoms with Crippen LogP contribution >= 0.6 is 11.6 Å². The number of H-pyrrole nitrogens is 1. The number of rotatable bonds is 1. The lowest BCUT2D eigenvalue weighted by Crippen LogP contribution is -2.24. The molecule has 1 rings (SSSR count). The zero-order valence-electron chi connectivity index (χ0n) is 7.72. The van der Waals surface area contributed by atoms with Gasteiger partial charge in [0.15, 0.2) is 5.69 Å². The first-order valence-electron chi connectivity index (χ1n) is 3.83. The molecule has 1 aromatic heterocycles. The molecule has 0 saturated heterocycles. The van der Waals surface area contributed by atoms with Gasteiger partial charge in [-0.05, 0) is 20.8 Å². The number of carbonyl (C=O) groups excluding carboxylic acids is 1. The van der Waals surface area contributed by atoms with Crippen LogP contribution in [-0.4, -0.2) is 21.8 Å². The molecule has 0 aliphatic heterocycles. The van der Waals surface area contributed by atoms with Crippen LogP contribution in [0.5, 0.6) is 0 Å². The second kappa shape index (κ2) is 3.38. The molecule has 0 amide bonds. The lowest BCUT2D eigenvalue weighted by Gasteiger charge is -2.18. The lowest BCUT2D eigenvalue weighted by atomic mass is 10.2. The molecular weight excluding hydrogens is 192 g/mol. The molecule has 0 aliphatic rings. The summed E-state index contributed by atoms with van der Waals surface area (Å²) >= 11 is 5.67. The van der Waals surface area contributed by atoms with Crippen molar-refractivity contribution in [2.75, 3.05) is 0 Å². The highest BCUT2D eigenvalue weighted by Gasteiger charge is 2.21. The van der Waals surface area contributed by atoms with E-state index in [2.05, 4.69) is 10.2 Å². The Bertz CT molecular complexity index is 314. The van der Waals surface area contributed by atoms with Crippen molar-refractivity contribution in [1.82, 2.24) is 10.2 Å². The van der Waals surface area contributed by atoms with Crippen LogP contribution in [0.25, 0.3) is 0 Å². The fourth-order valence-corrected chi connectivity index (χ4v) is 0.913. The van der Waals surface area contributed by atoms with Crippen molar-refractivity contribution >= 4 is 17.6 Å². The summed E-state index contributed by atoms with van der Waals surface area (Å²) in [6.07, 6.45) is 1.43. The summed E-state index contributed by atoms with van der Waals surface area (Å²) < 4.78 is 5.06. The Morgan fingerprint density at radius 1 is 1.62 bits per heavy atom. The molecule has 0 atom stereocenters. The Morgan fingerprint density at radius 2 is 2.23 bits per heavy atom. The van der Waals surface area contributed by atoms with Gasteiger partial charge in [-0.1, -0.05) is 11.6 Å². The van der Waals surface area contributed by atoms with Gasteiger partial charge in [0, 0.05) is 6.20 Å². The number of ether oxygens (including phenoxy) is 1. The van der Waals surface area contributed by atoms with Crippen LogP contribution in [0.1, 0.15) is 31.3 Å². The number of nitrogens with one attached hydrogen (secondary N) is 1. The highest BCUT2D eigenvalue weighted by Crippen LogP contribution is 2.16. The summed E-state index contributed by atoms with van der Waals surface area (Å²) in [4.78, 5) is 11.4. The fraction of sp³-hybridized carbons (Fsp3) is 0.500. The number of esters is 1. The fourth-order valence-electron chi connectivity index (χ4n) is 0.745. The third-order valence-electron chi connectivity index (χ3n) is 1.19. The molecule has 0 spiro atoms. The van der Waals surface area contributed by atoms with E-state index in [4.69, 9.17) is 16.3 Å². The molecule has 0 aromatic carbocycles. The zero-order valence-corrected chi connectivity index (χ0v) is 8.47. The Labute approximate surface area is 81.2 Å². The van der Waals surface area contributed by atoms with Gasteiger partial charge in [0.1, 0.15) is 5.60 Å². The number of halogens is 1. The summed E-state index contributed by atoms with van der Waals surface area (Å²) in [6.45, 7) is 5.35. The van der Waals surface area contributed by atoms with Gasteiger partial charge in [-0.15, -0.1) is 0 Å². The predicted octanol–water partition coefficient (Wildman–Crippen LogP) is 2.02. The molecule has 0 bridgehead atoms. The number of hydrogen-bond donors (Lipinski definition) is 1. The van der Waals surface area contributed by atoms with E-state index in [-0.39, 0.29) is 10.7 Å². The van der Waals surface area contributed by atoms with E-state index in [9.17, 15) is 4.79 Å². The van der Waals surface area contributed by atoms with Crippen molar-refractivity contribution in [3.05, 3.63) is 16.9 Å². The average Bonchev–Trinajstić information content (AvgIpc) is 2.30. The first kappa shape index (κ1) is 10.1. The molecule has 1 aromatic rings. The van der Waals surface area contributed by atoms with E-state index in [1.165, 1.54) is 6.20 Å². The Morgan fingerprint density at radius 3 is 2.62 bits per heavy atom. The largest absolute Gasteiger partial charge is 0.455 e. The van der Waals surface area contributed by atoms with Gasteiger partial charge in [-0.25, -0.2) is 4.79 Å². The maximum absolute atomic E-state index is 11.4. The molecule has 1 heterocycles. The zero-order chi connectivity index (χ0) is 10.1. The molecule has 72 valence electrons. The normalized spacial score (nSPS) is 11.4. The van der Waals surface area contributed by atoms with Crippen LogP contribution < -0.4 is 0 Å². The standard InChI is InChI=1S/C8H11ClN2O2/c1-8(2,3)13-7(12)6-5(9)4-10-11-6/h4H,1-3H3,(H,10,11). The second-order valence-electron chi connectivity index (χ2n) is 3.58. The Balaban J connectivity index is 2.76. The van der Waals surface area contributed by atoms with Gasteiger partial charge < -0.3 is 4.74 Å². The van der Waals surface area contributed by atoms with E-state index in [0.717, 1.165) is 0 Å². The molecule has 4 nitrogen and oxygen atoms in total. The third kappa shape index (κ3) is 2.73. The third-order valence-corrected chi connectivity index (χ3v) is 1.47. The second-order valence-corrected chi connectivity index (χ2v) is 3.99. The van der Waals surface area contributed by atoms with Crippen LogP contribution in [0.4, 0.5) is 0 Å². The summed E-state index contributed by atoms with van der Waals surface area (Å²) in [7, 11) is 0. The molecule has 0 fully saturated rings. The number of nitrogens with zero attached hydrogens (tertiary/aromatic N) is 1. The topological polar surface area (TPSA) is 55.0 Å². The molecular formula is C8H11ClN2O2. The summed E-state index contributed by atoms with van der Waals surface area (Å²) in [5.41, 5.74) is -0.407. The van der Waals surface area contributed by atoms with Gasteiger partial charge >= 0.3 is 5.97 Å². The van der Waals surface area contributed by atoms with Crippen molar-refractivity contribution in [3.63, 3.8) is 0 Å². The van der Waals surface area contributed by atoms with E-state index >= 15 is 0 Å². The van der Waals surface area contributed by atoms with E-state index in [1.807, 2.05) is 0 Å². The van der Waals surface area contributed by atoms with E-state index < -0.39 is 11.6 Å². The number of aromatic amines is 1. The minimum Gasteiger partial charge on any atom is -0.455 e. The molecule has 13 heavy (non-hydrogen) atoms. The first-order chi connectivity index (χ1) is 5.90. The maximum Gasteiger partial charge on any atom is 0.360 e. The van der Waals surface area contributed by atoms with Crippen LogP contribution in [0.3, 0.4) is 0 Å². The Kier molecular flexibility index (Phi) is 2.61. The van der Waals surface area contributed by atoms with Crippen LogP contribution in [0.2, 0.25) is 5.02 Å². The molecule has 0 radical (unpaired) electrons. The van der Waals surface area contributed by atoms with Gasteiger partial charge in [0.2, 0.25) is 0 Å². The van der Waals surface area contributed by atoms with Crippen LogP contribution in [-0.2, 0) is 4.74 Å². The van der Waals surface area contributed by atoms with Crippen LogP contribution in [0.15, 0.2) is 6.20 Å². The molecule has 5 heteroatoms. The maximum atomic E-state index is 11.4. The molecule has 0 aliphatic carbocycles. The van der Waals surface area contributed by atoms with Crippen molar-refractivity contribution in [1.29, 1.82) is 0 Å². The van der Waals surface area contributed by atoms with Gasteiger partial charge in [-0.3, -0.25) is 5.10 Å². The molecule has 0 saturated carbocycles. The molecule has 0 unspecified atom stereocenters.